The first kappa shape index (κ1) is 25.1. The van der Waals surface area contributed by atoms with Crippen molar-refractivity contribution in [3.05, 3.63) is 139 Å². The lowest BCUT2D eigenvalue weighted by Crippen LogP contribution is -2.12. The van der Waals surface area contributed by atoms with Crippen LogP contribution in [-0.4, -0.2) is 29.2 Å². The summed E-state index contributed by atoms with van der Waals surface area (Å²) >= 11 is 0. The zero-order valence-electron chi connectivity index (χ0n) is 21.2. The van der Waals surface area contributed by atoms with Crippen LogP contribution in [0.3, 0.4) is 0 Å². The van der Waals surface area contributed by atoms with Crippen LogP contribution in [-0.2, 0) is 10.0 Å². The van der Waals surface area contributed by atoms with E-state index < -0.39 is 10.0 Å². The highest BCUT2D eigenvalue weighted by Gasteiger charge is 2.22. The van der Waals surface area contributed by atoms with Crippen LogP contribution in [0.5, 0.6) is 5.88 Å². The monoisotopic (exact) mass is 544 g/mol. The first-order chi connectivity index (χ1) is 19.5. The Kier molecular flexibility index (Phi) is 6.59. The molecule has 40 heavy (non-hydrogen) atoms. The summed E-state index contributed by atoms with van der Waals surface area (Å²) < 4.78 is 29.1. The molecule has 2 heterocycles. The Balaban J connectivity index is 1.46. The molecule has 0 amide bonds. The molecule has 4 aromatic carbocycles. The van der Waals surface area contributed by atoms with Gasteiger partial charge in [-0.25, -0.2) is 13.4 Å². The third-order valence-corrected chi connectivity index (χ3v) is 7.85. The number of pyridine rings is 1. The fraction of sp³-hybridized carbons (Fsp3) is 0. The Hall–Kier alpha value is -5.21. The average Bonchev–Trinajstić information content (AvgIpc) is 3.32. The van der Waals surface area contributed by atoms with E-state index in [9.17, 15) is 13.5 Å². The van der Waals surface area contributed by atoms with E-state index in [0.29, 0.717) is 33.6 Å². The van der Waals surface area contributed by atoms with Crippen molar-refractivity contribution in [2.75, 3.05) is 4.72 Å². The Morgan fingerprint density at radius 3 is 2.23 bits per heavy atom. The molecule has 7 nitrogen and oxygen atoms in total. The number of H-pyrrole nitrogens is 1. The predicted octanol–water partition coefficient (Wildman–Crippen LogP) is 6.91. The number of rotatable bonds is 7. The number of aromatic nitrogens is 2. The van der Waals surface area contributed by atoms with E-state index in [-0.39, 0.29) is 10.8 Å². The maximum absolute atomic E-state index is 13.2. The van der Waals surface area contributed by atoms with Crippen LogP contribution in [0, 0.1) is 0 Å². The third-order valence-electron chi connectivity index (χ3n) is 6.47. The lowest BCUT2D eigenvalue weighted by molar-refractivity contribution is 0.457. The van der Waals surface area contributed by atoms with Crippen molar-refractivity contribution in [1.29, 1.82) is 0 Å². The number of nitrogens with one attached hydrogen (secondary N) is 2. The third kappa shape index (κ3) is 5.08. The number of benzene rings is 4. The average molecular weight is 545 g/mol. The molecule has 196 valence electrons. The quantitative estimate of drug-likeness (QED) is 0.190. The highest BCUT2D eigenvalue weighted by atomic mass is 32.2. The minimum Gasteiger partial charge on any atom is -0.494 e. The largest absolute Gasteiger partial charge is 0.494 e. The minimum absolute atomic E-state index is 0.0670. The number of hydrogen-bond donors (Lipinski definition) is 3. The molecule has 6 aromatic rings. The van der Waals surface area contributed by atoms with Gasteiger partial charge in [0, 0.05) is 34.5 Å². The second-order valence-electron chi connectivity index (χ2n) is 9.14. The summed E-state index contributed by atoms with van der Waals surface area (Å²) in [5, 5.41) is 11.6. The SMILES string of the molecule is O=S(=O)(Nc1ccccc1)c1ccc2[nH]c(O)c(C(=Nc3ccc(-c4cccnc4)cc3)c3ccccc3)c2c1. The van der Waals surface area contributed by atoms with E-state index in [1.165, 1.54) is 6.07 Å². The fourth-order valence-corrected chi connectivity index (χ4v) is 5.62. The van der Waals surface area contributed by atoms with Crippen LogP contribution < -0.4 is 4.72 Å². The standard InChI is InChI=1S/C32H24N4O3S/c37-32-30(28-20-27(17-18-29(28)35-32)40(38,39)36-26-11-5-2-6-12-26)31(23-8-3-1-4-9-23)34-25-15-13-22(14-16-25)24-10-7-19-33-21-24/h1-21,35-37H. The van der Waals surface area contributed by atoms with Crippen LogP contribution in [0.2, 0.25) is 0 Å². The maximum atomic E-state index is 13.2. The van der Waals surface area contributed by atoms with Gasteiger partial charge >= 0.3 is 0 Å². The van der Waals surface area contributed by atoms with Gasteiger partial charge in [-0.3, -0.25) is 9.71 Å². The van der Waals surface area contributed by atoms with Gasteiger partial charge in [0.1, 0.15) is 0 Å². The molecule has 0 radical (unpaired) electrons. The van der Waals surface area contributed by atoms with Gasteiger partial charge in [-0.2, -0.15) is 0 Å². The van der Waals surface area contributed by atoms with Crippen LogP contribution >= 0.6 is 0 Å². The van der Waals surface area contributed by atoms with Crippen molar-refractivity contribution in [1.82, 2.24) is 9.97 Å². The number of para-hydroxylation sites is 1. The van der Waals surface area contributed by atoms with E-state index in [0.717, 1.165) is 16.7 Å². The summed E-state index contributed by atoms with van der Waals surface area (Å²) in [5.41, 5.74) is 5.40. The number of aromatic hydroxyl groups is 1. The Labute approximate surface area is 231 Å². The normalized spacial score (nSPS) is 11.9. The van der Waals surface area contributed by atoms with Gasteiger partial charge in [0.25, 0.3) is 10.0 Å². The molecular weight excluding hydrogens is 520 g/mol. The summed E-state index contributed by atoms with van der Waals surface area (Å²) in [6, 6.07) is 34.5. The molecule has 0 spiro atoms. The molecule has 0 bridgehead atoms. The second-order valence-corrected chi connectivity index (χ2v) is 10.8. The lowest BCUT2D eigenvalue weighted by atomic mass is 10.0. The topological polar surface area (TPSA) is 107 Å². The molecule has 0 aliphatic carbocycles. The summed E-state index contributed by atoms with van der Waals surface area (Å²) in [5.74, 6) is -0.102. The van der Waals surface area contributed by atoms with Crippen molar-refractivity contribution in [3.8, 4) is 17.0 Å². The van der Waals surface area contributed by atoms with Gasteiger partial charge in [-0.15, -0.1) is 0 Å². The second kappa shape index (κ2) is 10.5. The maximum Gasteiger partial charge on any atom is 0.261 e. The Morgan fingerprint density at radius 2 is 1.52 bits per heavy atom. The van der Waals surface area contributed by atoms with E-state index in [4.69, 9.17) is 4.99 Å². The number of sulfonamides is 1. The summed E-state index contributed by atoms with van der Waals surface area (Å²) in [4.78, 5) is 12.2. The van der Waals surface area contributed by atoms with E-state index in [1.807, 2.05) is 72.8 Å². The molecule has 0 saturated carbocycles. The number of anilines is 1. The van der Waals surface area contributed by atoms with Crippen molar-refractivity contribution < 1.29 is 13.5 Å². The van der Waals surface area contributed by atoms with Gasteiger partial charge in [-0.05, 0) is 59.7 Å². The van der Waals surface area contributed by atoms with Crippen LogP contribution in [0.4, 0.5) is 11.4 Å². The number of nitrogens with zero attached hydrogens (tertiary/aromatic N) is 2. The molecule has 0 unspecified atom stereocenters. The molecule has 2 aromatic heterocycles. The lowest BCUT2D eigenvalue weighted by Gasteiger charge is -2.10. The molecular formula is C32H24N4O3S. The summed E-state index contributed by atoms with van der Waals surface area (Å²) in [6.07, 6.45) is 3.53. The zero-order chi connectivity index (χ0) is 27.5. The van der Waals surface area contributed by atoms with Gasteiger partial charge in [0.15, 0.2) is 5.88 Å². The van der Waals surface area contributed by atoms with E-state index in [2.05, 4.69) is 14.7 Å². The molecule has 3 N–H and O–H groups in total. The summed E-state index contributed by atoms with van der Waals surface area (Å²) in [7, 11) is -3.88. The molecule has 0 aliphatic heterocycles. The van der Waals surface area contributed by atoms with Gasteiger partial charge in [0.05, 0.1) is 21.9 Å². The first-order valence-electron chi connectivity index (χ1n) is 12.6. The van der Waals surface area contributed by atoms with E-state index in [1.54, 1.807) is 48.8 Å². The van der Waals surface area contributed by atoms with Crippen molar-refractivity contribution in [3.63, 3.8) is 0 Å². The van der Waals surface area contributed by atoms with Crippen LogP contribution in [0.25, 0.3) is 22.0 Å². The van der Waals surface area contributed by atoms with Crippen molar-refractivity contribution in [2.24, 2.45) is 4.99 Å². The number of aliphatic imine (C=N–C) groups is 1. The van der Waals surface area contributed by atoms with Crippen LogP contribution in [0.1, 0.15) is 11.1 Å². The predicted molar refractivity (Wildman–Crippen MR) is 159 cm³/mol. The number of aromatic amines is 1. The molecule has 0 fully saturated rings. The molecule has 0 aliphatic rings. The highest BCUT2D eigenvalue weighted by molar-refractivity contribution is 7.92. The van der Waals surface area contributed by atoms with Crippen molar-refractivity contribution >= 4 is 38.0 Å². The van der Waals surface area contributed by atoms with Gasteiger partial charge in [-0.1, -0.05) is 66.7 Å². The van der Waals surface area contributed by atoms with Gasteiger partial charge in [0.2, 0.25) is 0 Å². The molecule has 6 rings (SSSR count). The Morgan fingerprint density at radius 1 is 0.800 bits per heavy atom. The van der Waals surface area contributed by atoms with E-state index >= 15 is 0 Å². The van der Waals surface area contributed by atoms with Crippen LogP contribution in [0.15, 0.2) is 138 Å². The van der Waals surface area contributed by atoms with Crippen molar-refractivity contribution in [2.45, 2.75) is 4.90 Å². The number of fused-ring (bicyclic) bond motifs is 1. The summed E-state index contributed by atoms with van der Waals surface area (Å²) in [6.45, 7) is 0. The minimum atomic E-state index is -3.88. The smallest absolute Gasteiger partial charge is 0.261 e. The fourth-order valence-electron chi connectivity index (χ4n) is 4.54. The molecule has 0 atom stereocenters. The highest BCUT2D eigenvalue weighted by Crippen LogP contribution is 2.34. The Bertz CT molecular complexity index is 1920. The van der Waals surface area contributed by atoms with Gasteiger partial charge < -0.3 is 10.1 Å². The number of hydrogen-bond acceptors (Lipinski definition) is 5. The first-order valence-corrected chi connectivity index (χ1v) is 14.0. The molecule has 8 heteroatoms. The zero-order valence-corrected chi connectivity index (χ0v) is 22.0. The molecule has 0 saturated heterocycles.